The van der Waals surface area contributed by atoms with E-state index in [9.17, 15) is 9.59 Å². The predicted molar refractivity (Wildman–Crippen MR) is 110 cm³/mol. The summed E-state index contributed by atoms with van der Waals surface area (Å²) in [6.45, 7) is 2.00. The van der Waals surface area contributed by atoms with Crippen LogP contribution in [0.25, 0.3) is 11.3 Å². The molecule has 0 fully saturated rings. The van der Waals surface area contributed by atoms with Crippen LogP contribution in [0.1, 0.15) is 17.4 Å². The van der Waals surface area contributed by atoms with Crippen molar-refractivity contribution < 1.29 is 18.8 Å². The molecule has 1 heterocycles. The third-order valence-electron chi connectivity index (χ3n) is 4.20. The molecule has 3 aromatic rings. The van der Waals surface area contributed by atoms with Crippen LogP contribution in [0.15, 0.2) is 59.1 Å². The molecular formula is C21H20ClN3O4. The number of anilines is 1. The number of ether oxygens (including phenoxy) is 1. The van der Waals surface area contributed by atoms with Crippen molar-refractivity contribution in [3.63, 3.8) is 0 Å². The zero-order valence-corrected chi connectivity index (χ0v) is 16.8. The first kappa shape index (κ1) is 20.4. The van der Waals surface area contributed by atoms with Crippen LogP contribution in [0.5, 0.6) is 5.75 Å². The van der Waals surface area contributed by atoms with Gasteiger partial charge in [0.05, 0.1) is 7.11 Å². The highest BCUT2D eigenvalue weighted by atomic mass is 35.5. The normalized spacial score (nSPS) is 10.4. The average molecular weight is 414 g/mol. The Balaban J connectivity index is 1.68. The first-order chi connectivity index (χ1) is 14.0. The van der Waals surface area contributed by atoms with Gasteiger partial charge in [-0.15, -0.1) is 0 Å². The molecule has 0 saturated carbocycles. The number of rotatable bonds is 7. The lowest BCUT2D eigenvalue weighted by atomic mass is 10.1. The van der Waals surface area contributed by atoms with Crippen LogP contribution in [-0.4, -0.2) is 42.1 Å². The van der Waals surface area contributed by atoms with E-state index in [1.807, 2.05) is 0 Å². The van der Waals surface area contributed by atoms with Gasteiger partial charge in [0.15, 0.2) is 11.5 Å². The number of carbonyl (C=O) groups excluding carboxylic acids is 2. The summed E-state index contributed by atoms with van der Waals surface area (Å²) in [6, 6.07) is 15.6. The third-order valence-corrected chi connectivity index (χ3v) is 4.43. The van der Waals surface area contributed by atoms with Crippen molar-refractivity contribution in [1.82, 2.24) is 10.1 Å². The van der Waals surface area contributed by atoms with E-state index >= 15 is 0 Å². The van der Waals surface area contributed by atoms with Crippen molar-refractivity contribution in [2.75, 3.05) is 25.5 Å². The van der Waals surface area contributed by atoms with Gasteiger partial charge in [-0.05, 0) is 31.2 Å². The zero-order chi connectivity index (χ0) is 20.8. The van der Waals surface area contributed by atoms with Crippen LogP contribution in [0.2, 0.25) is 5.02 Å². The lowest BCUT2D eigenvalue weighted by molar-refractivity contribution is -0.116. The topological polar surface area (TPSA) is 84.7 Å². The number of hydrogen-bond acceptors (Lipinski definition) is 5. The van der Waals surface area contributed by atoms with Crippen molar-refractivity contribution in [2.45, 2.75) is 6.92 Å². The molecule has 1 N–H and O–H groups in total. The molecule has 8 heteroatoms. The Morgan fingerprint density at radius 2 is 1.97 bits per heavy atom. The Kier molecular flexibility index (Phi) is 6.51. The van der Waals surface area contributed by atoms with E-state index in [2.05, 4.69) is 10.5 Å². The molecule has 1 aromatic heterocycles. The molecule has 0 aliphatic rings. The van der Waals surface area contributed by atoms with Gasteiger partial charge in [-0.2, -0.15) is 0 Å². The molecule has 2 amide bonds. The van der Waals surface area contributed by atoms with Crippen LogP contribution >= 0.6 is 11.6 Å². The molecule has 150 valence electrons. The predicted octanol–water partition coefficient (Wildman–Crippen LogP) is 4.10. The summed E-state index contributed by atoms with van der Waals surface area (Å²) in [5, 5.41) is 7.15. The van der Waals surface area contributed by atoms with Crippen molar-refractivity contribution >= 4 is 29.1 Å². The smallest absolute Gasteiger partial charge is 0.276 e. The molecule has 0 atom stereocenters. The first-order valence-electron chi connectivity index (χ1n) is 8.96. The zero-order valence-electron chi connectivity index (χ0n) is 16.0. The molecular weight excluding hydrogens is 394 g/mol. The first-order valence-corrected chi connectivity index (χ1v) is 9.33. The molecule has 0 aliphatic carbocycles. The molecule has 0 bridgehead atoms. The highest BCUT2D eigenvalue weighted by molar-refractivity contribution is 6.30. The lowest BCUT2D eigenvalue weighted by Crippen LogP contribution is -2.38. The number of likely N-dealkylation sites (N-methyl/N-ethyl adjacent to an activating group) is 1. The molecule has 2 aromatic carbocycles. The van der Waals surface area contributed by atoms with Gasteiger partial charge in [0.25, 0.3) is 5.91 Å². The number of hydrogen-bond donors (Lipinski definition) is 1. The van der Waals surface area contributed by atoms with E-state index in [1.54, 1.807) is 62.6 Å². The maximum absolute atomic E-state index is 12.8. The van der Waals surface area contributed by atoms with Crippen molar-refractivity contribution in [3.8, 4) is 17.1 Å². The van der Waals surface area contributed by atoms with Crippen molar-refractivity contribution in [3.05, 3.63) is 65.3 Å². The van der Waals surface area contributed by atoms with E-state index in [0.717, 1.165) is 0 Å². The molecule has 29 heavy (non-hydrogen) atoms. The second-order valence-corrected chi connectivity index (χ2v) is 6.62. The van der Waals surface area contributed by atoms with Gasteiger partial charge in [-0.3, -0.25) is 9.59 Å². The van der Waals surface area contributed by atoms with Crippen LogP contribution in [0.3, 0.4) is 0 Å². The number of halogens is 1. The lowest BCUT2D eigenvalue weighted by Gasteiger charge is -2.19. The fraction of sp³-hybridized carbons (Fsp3) is 0.190. The van der Waals surface area contributed by atoms with E-state index in [-0.39, 0.29) is 18.1 Å². The quantitative estimate of drug-likeness (QED) is 0.630. The highest BCUT2D eigenvalue weighted by Crippen LogP contribution is 2.24. The van der Waals surface area contributed by atoms with Gasteiger partial charge < -0.3 is 19.5 Å². The van der Waals surface area contributed by atoms with Crippen molar-refractivity contribution in [2.24, 2.45) is 0 Å². The minimum atomic E-state index is -0.398. The van der Waals surface area contributed by atoms with E-state index in [1.165, 1.54) is 11.0 Å². The third kappa shape index (κ3) is 5.14. The monoisotopic (exact) mass is 413 g/mol. The average Bonchev–Trinajstić information content (AvgIpc) is 3.22. The molecule has 0 saturated heterocycles. The molecule has 3 rings (SSSR count). The van der Waals surface area contributed by atoms with Gasteiger partial charge in [0.1, 0.15) is 12.3 Å². The van der Waals surface area contributed by atoms with Gasteiger partial charge >= 0.3 is 0 Å². The van der Waals surface area contributed by atoms with Crippen molar-refractivity contribution in [1.29, 1.82) is 0 Å². The molecule has 0 spiro atoms. The standard InChI is InChI=1S/C21H20ClN3O4/c1-3-25(13-20(26)23-16-8-5-9-17(11-16)28-2)21(27)18-12-19(29-24-18)14-6-4-7-15(22)10-14/h4-12H,3,13H2,1-2H3,(H,23,26). The van der Waals surface area contributed by atoms with E-state index in [4.69, 9.17) is 20.9 Å². The Bertz CT molecular complexity index is 1020. The Hall–Kier alpha value is -3.32. The number of nitrogens with zero attached hydrogens (tertiary/aromatic N) is 2. The summed E-state index contributed by atoms with van der Waals surface area (Å²) >= 11 is 5.99. The Morgan fingerprint density at radius 3 is 2.69 bits per heavy atom. The minimum Gasteiger partial charge on any atom is -0.497 e. The summed E-state index contributed by atoms with van der Waals surface area (Å²) in [5.74, 6) is 0.326. The fourth-order valence-electron chi connectivity index (χ4n) is 2.72. The fourth-order valence-corrected chi connectivity index (χ4v) is 2.91. The van der Waals surface area contributed by atoms with Gasteiger partial charge in [-0.1, -0.05) is 35.0 Å². The number of methoxy groups -OCH3 is 1. The van der Waals surface area contributed by atoms with Gasteiger partial charge in [0.2, 0.25) is 5.91 Å². The Labute approximate surface area is 173 Å². The Morgan fingerprint density at radius 1 is 1.17 bits per heavy atom. The van der Waals surface area contributed by atoms with E-state index in [0.29, 0.717) is 34.3 Å². The number of carbonyl (C=O) groups is 2. The summed E-state index contributed by atoms with van der Waals surface area (Å²) in [7, 11) is 1.55. The number of benzene rings is 2. The van der Waals surface area contributed by atoms with Crippen LogP contribution in [0.4, 0.5) is 5.69 Å². The second kappa shape index (κ2) is 9.25. The summed E-state index contributed by atoms with van der Waals surface area (Å²) in [6.07, 6.45) is 0. The maximum Gasteiger partial charge on any atom is 0.276 e. The van der Waals surface area contributed by atoms with Crippen LogP contribution in [0, 0.1) is 0 Å². The number of nitrogens with one attached hydrogen (secondary N) is 1. The summed E-state index contributed by atoms with van der Waals surface area (Å²) in [4.78, 5) is 26.5. The second-order valence-electron chi connectivity index (χ2n) is 6.19. The van der Waals surface area contributed by atoms with Gasteiger partial charge in [-0.25, -0.2) is 0 Å². The maximum atomic E-state index is 12.8. The highest BCUT2D eigenvalue weighted by Gasteiger charge is 2.21. The molecule has 0 unspecified atom stereocenters. The summed E-state index contributed by atoms with van der Waals surface area (Å²) < 4.78 is 10.4. The number of amides is 2. The number of aromatic nitrogens is 1. The van der Waals surface area contributed by atoms with Crippen LogP contribution in [-0.2, 0) is 4.79 Å². The van der Waals surface area contributed by atoms with Gasteiger partial charge in [0, 0.05) is 35.0 Å². The molecule has 0 aliphatic heterocycles. The SMILES string of the molecule is CCN(CC(=O)Nc1cccc(OC)c1)C(=O)c1cc(-c2cccc(Cl)c2)on1. The summed E-state index contributed by atoms with van der Waals surface area (Å²) in [5.41, 5.74) is 1.42. The molecule has 0 radical (unpaired) electrons. The minimum absolute atomic E-state index is 0.119. The van der Waals surface area contributed by atoms with E-state index < -0.39 is 5.91 Å². The van der Waals surface area contributed by atoms with Crippen LogP contribution < -0.4 is 10.1 Å². The molecule has 7 nitrogen and oxygen atoms in total. The largest absolute Gasteiger partial charge is 0.497 e.